The van der Waals surface area contributed by atoms with Crippen LogP contribution in [-0.4, -0.2) is 23.5 Å². The standard InChI is InChI=1S/C24H25N3O4/c1-16-22(17(2)31-26-16)15-30-21-11-7-19(8-12-21)24(29)25-14-18-5-9-20(10-6-18)27-13-3-4-23(27)28/h5-12H,3-4,13-15H2,1-2H3,(H,25,29). The van der Waals surface area contributed by atoms with Crippen LogP contribution < -0.4 is 15.0 Å². The third-order valence-electron chi connectivity index (χ3n) is 5.46. The molecule has 0 saturated carbocycles. The van der Waals surface area contributed by atoms with Crippen LogP contribution in [0.1, 0.15) is 45.8 Å². The molecule has 3 aromatic rings. The minimum absolute atomic E-state index is 0.156. The number of anilines is 1. The molecule has 0 unspecified atom stereocenters. The Hall–Kier alpha value is -3.61. The lowest BCUT2D eigenvalue weighted by Gasteiger charge is -2.16. The van der Waals surface area contributed by atoms with Gasteiger partial charge >= 0.3 is 0 Å². The van der Waals surface area contributed by atoms with Crippen LogP contribution >= 0.6 is 0 Å². The molecule has 2 aromatic carbocycles. The molecule has 0 bridgehead atoms. The minimum Gasteiger partial charge on any atom is -0.489 e. The second-order valence-corrected chi connectivity index (χ2v) is 7.61. The van der Waals surface area contributed by atoms with Crippen molar-refractivity contribution in [3.63, 3.8) is 0 Å². The molecule has 7 nitrogen and oxygen atoms in total. The topological polar surface area (TPSA) is 84.7 Å². The zero-order chi connectivity index (χ0) is 21.8. The highest BCUT2D eigenvalue weighted by atomic mass is 16.5. The quantitative estimate of drug-likeness (QED) is 0.627. The maximum absolute atomic E-state index is 12.5. The summed E-state index contributed by atoms with van der Waals surface area (Å²) in [4.78, 5) is 26.1. The predicted molar refractivity (Wildman–Crippen MR) is 116 cm³/mol. The lowest BCUT2D eigenvalue weighted by molar-refractivity contribution is -0.117. The second kappa shape index (κ2) is 9.04. The highest BCUT2D eigenvalue weighted by molar-refractivity contribution is 5.95. The lowest BCUT2D eigenvalue weighted by atomic mass is 10.1. The van der Waals surface area contributed by atoms with E-state index in [9.17, 15) is 9.59 Å². The summed E-state index contributed by atoms with van der Waals surface area (Å²) in [5, 5.41) is 6.83. The van der Waals surface area contributed by atoms with Crippen molar-refractivity contribution in [2.45, 2.75) is 39.8 Å². The number of nitrogens with zero attached hydrogens (tertiary/aromatic N) is 2. The van der Waals surface area contributed by atoms with Crippen LogP contribution in [0.25, 0.3) is 0 Å². The Bertz CT molecular complexity index is 1050. The van der Waals surface area contributed by atoms with E-state index in [2.05, 4.69) is 10.5 Å². The number of nitrogens with one attached hydrogen (secondary N) is 1. The number of ether oxygens (including phenoxy) is 1. The SMILES string of the molecule is Cc1noc(C)c1COc1ccc(C(=O)NCc2ccc(N3CCCC3=O)cc2)cc1. The smallest absolute Gasteiger partial charge is 0.251 e. The van der Waals surface area contributed by atoms with Crippen LogP contribution in [0, 0.1) is 13.8 Å². The molecule has 160 valence electrons. The number of rotatable bonds is 7. The van der Waals surface area contributed by atoms with Gasteiger partial charge in [0.2, 0.25) is 5.91 Å². The summed E-state index contributed by atoms with van der Waals surface area (Å²) in [6.07, 6.45) is 1.52. The highest BCUT2D eigenvalue weighted by Crippen LogP contribution is 2.22. The summed E-state index contributed by atoms with van der Waals surface area (Å²) in [7, 11) is 0. The molecule has 4 rings (SSSR count). The Labute approximate surface area is 181 Å². The van der Waals surface area contributed by atoms with Gasteiger partial charge in [-0.15, -0.1) is 0 Å². The van der Waals surface area contributed by atoms with E-state index in [4.69, 9.17) is 9.26 Å². The van der Waals surface area contributed by atoms with Crippen molar-refractivity contribution in [3.8, 4) is 5.75 Å². The Morgan fingerprint density at radius 3 is 2.48 bits per heavy atom. The van der Waals surface area contributed by atoms with Crippen molar-refractivity contribution in [1.29, 1.82) is 0 Å². The van der Waals surface area contributed by atoms with Crippen molar-refractivity contribution >= 4 is 17.5 Å². The highest BCUT2D eigenvalue weighted by Gasteiger charge is 2.21. The van der Waals surface area contributed by atoms with E-state index >= 15 is 0 Å². The van der Waals surface area contributed by atoms with Gasteiger partial charge in [0.05, 0.1) is 11.3 Å². The zero-order valence-corrected chi connectivity index (χ0v) is 17.7. The van der Waals surface area contributed by atoms with Gasteiger partial charge in [0.25, 0.3) is 5.91 Å². The van der Waals surface area contributed by atoms with Crippen molar-refractivity contribution in [2.75, 3.05) is 11.4 Å². The van der Waals surface area contributed by atoms with Gasteiger partial charge in [0.1, 0.15) is 18.1 Å². The molecular weight excluding hydrogens is 394 g/mol. The molecule has 0 aliphatic carbocycles. The van der Waals surface area contributed by atoms with E-state index in [1.165, 1.54) is 0 Å². The first kappa shape index (κ1) is 20.7. The van der Waals surface area contributed by atoms with Crippen LogP contribution in [-0.2, 0) is 17.9 Å². The molecule has 2 heterocycles. The van der Waals surface area contributed by atoms with Crippen LogP contribution in [0.4, 0.5) is 5.69 Å². The Morgan fingerprint density at radius 1 is 1.13 bits per heavy atom. The molecule has 7 heteroatoms. The van der Waals surface area contributed by atoms with Crippen LogP contribution in [0.3, 0.4) is 0 Å². The van der Waals surface area contributed by atoms with E-state index in [-0.39, 0.29) is 11.8 Å². The first-order chi connectivity index (χ1) is 15.0. The lowest BCUT2D eigenvalue weighted by Crippen LogP contribution is -2.24. The average molecular weight is 419 g/mol. The fourth-order valence-electron chi connectivity index (χ4n) is 3.57. The molecule has 1 aromatic heterocycles. The van der Waals surface area contributed by atoms with Gasteiger partial charge in [-0.2, -0.15) is 0 Å². The zero-order valence-electron chi connectivity index (χ0n) is 17.7. The van der Waals surface area contributed by atoms with Gasteiger partial charge in [-0.3, -0.25) is 9.59 Å². The second-order valence-electron chi connectivity index (χ2n) is 7.61. The van der Waals surface area contributed by atoms with Gasteiger partial charge in [-0.05, 0) is 62.2 Å². The van der Waals surface area contributed by atoms with E-state index < -0.39 is 0 Å². The predicted octanol–water partition coefficient (Wildman–Crippen LogP) is 3.93. The van der Waals surface area contributed by atoms with Crippen molar-refractivity contribution < 1.29 is 18.8 Å². The first-order valence-corrected chi connectivity index (χ1v) is 10.3. The normalized spacial score (nSPS) is 13.5. The monoisotopic (exact) mass is 419 g/mol. The molecule has 1 saturated heterocycles. The minimum atomic E-state index is -0.156. The summed E-state index contributed by atoms with van der Waals surface area (Å²) < 4.78 is 10.9. The molecule has 2 amide bonds. The van der Waals surface area contributed by atoms with E-state index in [0.29, 0.717) is 30.9 Å². The maximum Gasteiger partial charge on any atom is 0.251 e. The van der Waals surface area contributed by atoms with E-state index in [0.717, 1.165) is 41.2 Å². The third kappa shape index (κ3) is 4.77. The van der Waals surface area contributed by atoms with Gasteiger partial charge in [-0.25, -0.2) is 0 Å². The number of hydrogen-bond donors (Lipinski definition) is 1. The molecule has 0 radical (unpaired) electrons. The number of hydrogen-bond acceptors (Lipinski definition) is 5. The fourth-order valence-corrected chi connectivity index (χ4v) is 3.57. The van der Waals surface area contributed by atoms with Gasteiger partial charge < -0.3 is 19.5 Å². The molecule has 1 aliphatic rings. The number of amides is 2. The Kier molecular flexibility index (Phi) is 6.02. The maximum atomic E-state index is 12.5. The average Bonchev–Trinajstić information content (AvgIpc) is 3.36. The van der Waals surface area contributed by atoms with E-state index in [1.807, 2.05) is 38.1 Å². The van der Waals surface area contributed by atoms with Gasteiger partial charge in [0, 0.05) is 30.8 Å². The van der Waals surface area contributed by atoms with Crippen molar-refractivity contribution in [1.82, 2.24) is 10.5 Å². The summed E-state index contributed by atoms with van der Waals surface area (Å²) >= 11 is 0. The Morgan fingerprint density at radius 2 is 1.87 bits per heavy atom. The molecule has 1 aliphatic heterocycles. The number of carbonyl (C=O) groups is 2. The summed E-state index contributed by atoms with van der Waals surface area (Å²) in [5.74, 6) is 1.42. The number of aromatic nitrogens is 1. The van der Waals surface area contributed by atoms with E-state index in [1.54, 1.807) is 29.2 Å². The molecule has 1 fully saturated rings. The molecule has 0 atom stereocenters. The van der Waals surface area contributed by atoms with Gasteiger partial charge in [-0.1, -0.05) is 17.3 Å². The molecule has 1 N–H and O–H groups in total. The summed E-state index contributed by atoms with van der Waals surface area (Å²) in [5.41, 5.74) is 4.19. The van der Waals surface area contributed by atoms with Crippen LogP contribution in [0.2, 0.25) is 0 Å². The Balaban J connectivity index is 1.29. The molecule has 31 heavy (non-hydrogen) atoms. The number of carbonyl (C=O) groups excluding carboxylic acids is 2. The first-order valence-electron chi connectivity index (χ1n) is 10.3. The number of benzene rings is 2. The van der Waals surface area contributed by atoms with Crippen LogP contribution in [0.5, 0.6) is 5.75 Å². The van der Waals surface area contributed by atoms with Crippen molar-refractivity contribution in [3.05, 3.63) is 76.7 Å². The van der Waals surface area contributed by atoms with Crippen LogP contribution in [0.15, 0.2) is 53.1 Å². The molecule has 0 spiro atoms. The fraction of sp³-hybridized carbons (Fsp3) is 0.292. The van der Waals surface area contributed by atoms with Gasteiger partial charge in [0.15, 0.2) is 0 Å². The van der Waals surface area contributed by atoms with Crippen molar-refractivity contribution in [2.24, 2.45) is 0 Å². The molecular formula is C24H25N3O4. The number of aryl methyl sites for hydroxylation is 2. The largest absolute Gasteiger partial charge is 0.489 e. The summed E-state index contributed by atoms with van der Waals surface area (Å²) in [6, 6.07) is 14.7. The summed E-state index contributed by atoms with van der Waals surface area (Å²) in [6.45, 7) is 5.28. The third-order valence-corrected chi connectivity index (χ3v) is 5.46.